The lowest BCUT2D eigenvalue weighted by Gasteiger charge is -2.29. The summed E-state index contributed by atoms with van der Waals surface area (Å²) in [5.41, 5.74) is 4.72. The molecule has 0 spiro atoms. The van der Waals surface area contributed by atoms with Crippen LogP contribution in [0, 0.1) is 5.92 Å². The lowest BCUT2D eigenvalue weighted by molar-refractivity contribution is -0.131. The number of aryl methyl sites for hydroxylation is 1. The van der Waals surface area contributed by atoms with Gasteiger partial charge in [-0.2, -0.15) is 0 Å². The van der Waals surface area contributed by atoms with Gasteiger partial charge in [0, 0.05) is 30.4 Å². The molecule has 6 heteroatoms. The van der Waals surface area contributed by atoms with Crippen molar-refractivity contribution in [2.75, 3.05) is 6.54 Å². The number of carboxylic acid groups (broad SMARTS) is 1. The summed E-state index contributed by atoms with van der Waals surface area (Å²) in [6, 6.07) is 10.8. The Labute approximate surface area is 194 Å². The summed E-state index contributed by atoms with van der Waals surface area (Å²) in [4.78, 5) is 30.9. The first-order valence-corrected chi connectivity index (χ1v) is 12.1. The standard InChI is InChI=1S/C27H31N3O3/c31-25(17-20-8-10-21(11-9-20)27(32)33)29-15-13-22-23-7-4-14-28-26(23)30(24(22)18-29)16-12-19-5-2-1-3-6-19/h4,7-11,14,19H,1-3,5-6,12-13,15-18H2,(H,32,33). The maximum absolute atomic E-state index is 13.1. The van der Waals surface area contributed by atoms with Crippen molar-refractivity contribution in [1.29, 1.82) is 0 Å². The largest absolute Gasteiger partial charge is 0.478 e. The Morgan fingerprint density at radius 2 is 1.85 bits per heavy atom. The van der Waals surface area contributed by atoms with Gasteiger partial charge in [0.1, 0.15) is 5.65 Å². The second-order valence-corrected chi connectivity index (χ2v) is 9.49. The first-order chi connectivity index (χ1) is 16.1. The topological polar surface area (TPSA) is 75.4 Å². The summed E-state index contributed by atoms with van der Waals surface area (Å²) < 4.78 is 2.38. The number of aromatic nitrogens is 2. The Morgan fingerprint density at radius 3 is 2.61 bits per heavy atom. The molecule has 3 aromatic rings. The number of aromatic carboxylic acids is 1. The zero-order valence-electron chi connectivity index (χ0n) is 19.0. The van der Waals surface area contributed by atoms with Gasteiger partial charge in [0.05, 0.1) is 18.5 Å². The Morgan fingerprint density at radius 1 is 1.06 bits per heavy atom. The van der Waals surface area contributed by atoms with E-state index in [0.717, 1.165) is 30.1 Å². The number of fused-ring (bicyclic) bond motifs is 3. The molecule has 1 aliphatic heterocycles. The van der Waals surface area contributed by atoms with Crippen LogP contribution in [-0.4, -0.2) is 38.0 Å². The van der Waals surface area contributed by atoms with Crippen LogP contribution >= 0.6 is 0 Å². The molecule has 33 heavy (non-hydrogen) atoms. The Balaban J connectivity index is 1.34. The summed E-state index contributed by atoms with van der Waals surface area (Å²) in [7, 11) is 0. The van der Waals surface area contributed by atoms with Gasteiger partial charge in [-0.05, 0) is 54.2 Å². The zero-order valence-corrected chi connectivity index (χ0v) is 19.0. The highest BCUT2D eigenvalue weighted by Crippen LogP contribution is 2.32. The molecular formula is C27H31N3O3. The molecule has 3 heterocycles. The van der Waals surface area contributed by atoms with Crippen LogP contribution in [0.4, 0.5) is 0 Å². The maximum Gasteiger partial charge on any atom is 0.335 e. The Kier molecular flexibility index (Phi) is 6.16. The SMILES string of the molecule is O=C(O)c1ccc(CC(=O)N2CCc3c(n(CCC4CCCCC4)c4ncccc34)C2)cc1. The fourth-order valence-corrected chi connectivity index (χ4v) is 5.55. The van der Waals surface area contributed by atoms with Crippen molar-refractivity contribution in [2.24, 2.45) is 5.92 Å². The van der Waals surface area contributed by atoms with Crippen LogP contribution in [0.2, 0.25) is 0 Å². The average molecular weight is 446 g/mol. The Bertz CT molecular complexity index is 1160. The fraction of sp³-hybridized carbons (Fsp3) is 0.444. The van der Waals surface area contributed by atoms with Crippen molar-refractivity contribution >= 4 is 22.9 Å². The third-order valence-corrected chi connectivity index (χ3v) is 7.41. The molecular weight excluding hydrogens is 414 g/mol. The molecule has 1 amide bonds. The molecule has 1 aromatic carbocycles. The van der Waals surface area contributed by atoms with E-state index in [4.69, 9.17) is 10.1 Å². The molecule has 0 radical (unpaired) electrons. The van der Waals surface area contributed by atoms with Gasteiger partial charge in [-0.15, -0.1) is 0 Å². The molecule has 172 valence electrons. The smallest absolute Gasteiger partial charge is 0.335 e. The molecule has 5 rings (SSSR count). The van der Waals surface area contributed by atoms with Crippen molar-refractivity contribution in [2.45, 2.75) is 64.5 Å². The van der Waals surface area contributed by atoms with Gasteiger partial charge in [-0.1, -0.05) is 44.2 Å². The molecule has 0 atom stereocenters. The number of hydrogen-bond donors (Lipinski definition) is 1. The van der Waals surface area contributed by atoms with E-state index in [1.54, 1.807) is 24.3 Å². The van der Waals surface area contributed by atoms with Crippen molar-refractivity contribution in [3.05, 3.63) is 65.0 Å². The predicted octanol–water partition coefficient (Wildman–Crippen LogP) is 4.83. The second-order valence-electron chi connectivity index (χ2n) is 9.49. The summed E-state index contributed by atoms with van der Waals surface area (Å²) in [5, 5.41) is 10.3. The highest BCUT2D eigenvalue weighted by atomic mass is 16.4. The third-order valence-electron chi connectivity index (χ3n) is 7.41. The molecule has 0 unspecified atom stereocenters. The highest BCUT2D eigenvalue weighted by Gasteiger charge is 2.27. The molecule has 1 saturated carbocycles. The van der Waals surface area contributed by atoms with E-state index in [-0.39, 0.29) is 17.9 Å². The van der Waals surface area contributed by atoms with Gasteiger partial charge in [0.2, 0.25) is 5.91 Å². The van der Waals surface area contributed by atoms with E-state index in [0.29, 0.717) is 13.1 Å². The molecule has 6 nitrogen and oxygen atoms in total. The number of amides is 1. The number of nitrogens with zero attached hydrogens (tertiary/aromatic N) is 3. The minimum absolute atomic E-state index is 0.0840. The molecule has 2 aromatic heterocycles. The van der Waals surface area contributed by atoms with Crippen LogP contribution in [0.3, 0.4) is 0 Å². The van der Waals surface area contributed by atoms with E-state index in [1.807, 2.05) is 17.2 Å². The van der Waals surface area contributed by atoms with Crippen LogP contribution in [-0.2, 0) is 30.7 Å². The molecule has 1 N–H and O–H groups in total. The number of pyridine rings is 1. The summed E-state index contributed by atoms with van der Waals surface area (Å²) in [5.74, 6) is -0.0717. The van der Waals surface area contributed by atoms with Crippen LogP contribution in [0.15, 0.2) is 42.6 Å². The highest BCUT2D eigenvalue weighted by molar-refractivity contribution is 5.88. The van der Waals surface area contributed by atoms with E-state index in [1.165, 1.54) is 55.2 Å². The number of hydrogen-bond acceptors (Lipinski definition) is 3. The molecule has 0 saturated heterocycles. The van der Waals surface area contributed by atoms with Gasteiger partial charge in [0.15, 0.2) is 0 Å². The van der Waals surface area contributed by atoms with Crippen molar-refractivity contribution in [1.82, 2.24) is 14.5 Å². The van der Waals surface area contributed by atoms with Crippen molar-refractivity contribution in [3.63, 3.8) is 0 Å². The van der Waals surface area contributed by atoms with Crippen LogP contribution in [0.5, 0.6) is 0 Å². The number of carbonyl (C=O) groups excluding carboxylic acids is 1. The first kappa shape index (κ1) is 21.7. The van der Waals surface area contributed by atoms with Crippen molar-refractivity contribution < 1.29 is 14.7 Å². The first-order valence-electron chi connectivity index (χ1n) is 12.1. The van der Waals surface area contributed by atoms with E-state index >= 15 is 0 Å². The Hall–Kier alpha value is -3.15. The molecule has 1 fully saturated rings. The maximum atomic E-state index is 13.1. The fourth-order valence-electron chi connectivity index (χ4n) is 5.55. The normalized spacial score (nSPS) is 16.7. The number of rotatable bonds is 6. The number of carboxylic acids is 1. The summed E-state index contributed by atoms with van der Waals surface area (Å²) in [6.45, 7) is 2.28. The van der Waals surface area contributed by atoms with E-state index in [9.17, 15) is 9.59 Å². The van der Waals surface area contributed by atoms with Gasteiger partial charge in [0.25, 0.3) is 0 Å². The molecule has 2 aliphatic rings. The van der Waals surface area contributed by atoms with Crippen molar-refractivity contribution in [3.8, 4) is 0 Å². The van der Waals surface area contributed by atoms with Crippen LogP contribution in [0.1, 0.15) is 65.7 Å². The van der Waals surface area contributed by atoms with Crippen LogP contribution in [0.25, 0.3) is 11.0 Å². The van der Waals surface area contributed by atoms with E-state index in [2.05, 4.69) is 10.6 Å². The predicted molar refractivity (Wildman–Crippen MR) is 127 cm³/mol. The third kappa shape index (κ3) is 4.52. The minimum Gasteiger partial charge on any atom is -0.478 e. The number of benzene rings is 1. The van der Waals surface area contributed by atoms with Crippen LogP contribution < -0.4 is 0 Å². The zero-order chi connectivity index (χ0) is 22.8. The lowest BCUT2D eigenvalue weighted by atomic mass is 9.87. The number of carbonyl (C=O) groups is 2. The monoisotopic (exact) mass is 445 g/mol. The minimum atomic E-state index is -0.953. The average Bonchev–Trinajstić information content (AvgIpc) is 3.16. The quantitative estimate of drug-likeness (QED) is 0.590. The van der Waals surface area contributed by atoms with Gasteiger partial charge >= 0.3 is 5.97 Å². The van der Waals surface area contributed by atoms with E-state index < -0.39 is 5.97 Å². The summed E-state index contributed by atoms with van der Waals surface area (Å²) >= 11 is 0. The second kappa shape index (κ2) is 9.38. The van der Waals surface area contributed by atoms with Gasteiger partial charge in [-0.25, -0.2) is 9.78 Å². The molecule has 0 bridgehead atoms. The van der Waals surface area contributed by atoms with Gasteiger partial charge < -0.3 is 14.6 Å². The summed E-state index contributed by atoms with van der Waals surface area (Å²) in [6.07, 6.45) is 10.9. The molecule has 1 aliphatic carbocycles. The van der Waals surface area contributed by atoms with Gasteiger partial charge in [-0.3, -0.25) is 4.79 Å². The lowest BCUT2D eigenvalue weighted by Crippen LogP contribution is -2.37.